The van der Waals surface area contributed by atoms with Crippen LogP contribution in [0.15, 0.2) is 24.3 Å². The van der Waals surface area contributed by atoms with Crippen LogP contribution >= 0.6 is 0 Å². The van der Waals surface area contributed by atoms with Crippen LogP contribution in [0.3, 0.4) is 0 Å². The van der Waals surface area contributed by atoms with Crippen LogP contribution in [-0.4, -0.2) is 18.0 Å². The summed E-state index contributed by atoms with van der Waals surface area (Å²) < 4.78 is 12.9. The van der Waals surface area contributed by atoms with Crippen LogP contribution in [0.2, 0.25) is 0 Å². The highest BCUT2D eigenvalue weighted by Gasteiger charge is 2.50. The molecule has 1 aromatic carbocycles. The molecule has 1 amide bonds. The highest BCUT2D eigenvalue weighted by atomic mass is 19.1. The van der Waals surface area contributed by atoms with Crippen molar-refractivity contribution < 1.29 is 9.18 Å². The third kappa shape index (κ3) is 3.27. The molecule has 0 heterocycles. The average Bonchev–Trinajstić information content (AvgIpc) is 2.51. The standard InChI is InChI=1S/C19H25FN2O/c20-17-3-1-13(2-4-17)11-21-18(23)12-22-19-8-14-5-15(9-19)7-16(6-14)10-19/h1-4,14-16,22H,5-12H2,(H,21,23). The van der Waals surface area contributed by atoms with E-state index in [2.05, 4.69) is 10.6 Å². The normalized spacial score (nSPS) is 34.6. The molecular weight excluding hydrogens is 291 g/mol. The van der Waals surface area contributed by atoms with Gasteiger partial charge in [0.2, 0.25) is 5.91 Å². The molecular formula is C19H25FN2O. The molecule has 1 aromatic rings. The maximum absolute atomic E-state index is 12.9. The van der Waals surface area contributed by atoms with E-state index < -0.39 is 0 Å². The second kappa shape index (κ2) is 5.90. The number of hydrogen-bond acceptors (Lipinski definition) is 2. The molecule has 0 unspecified atom stereocenters. The summed E-state index contributed by atoms with van der Waals surface area (Å²) in [6, 6.07) is 6.27. The number of rotatable bonds is 5. The highest BCUT2D eigenvalue weighted by molar-refractivity contribution is 5.78. The number of benzene rings is 1. The van der Waals surface area contributed by atoms with Gasteiger partial charge in [0.05, 0.1) is 6.54 Å². The van der Waals surface area contributed by atoms with E-state index >= 15 is 0 Å². The van der Waals surface area contributed by atoms with Crippen molar-refractivity contribution in [1.29, 1.82) is 0 Å². The van der Waals surface area contributed by atoms with Crippen LogP contribution in [0, 0.1) is 23.6 Å². The van der Waals surface area contributed by atoms with Crippen molar-refractivity contribution in [3.63, 3.8) is 0 Å². The summed E-state index contributed by atoms with van der Waals surface area (Å²) in [5.41, 5.74) is 1.15. The molecule has 4 aliphatic rings. The smallest absolute Gasteiger partial charge is 0.234 e. The molecule has 0 spiro atoms. The summed E-state index contributed by atoms with van der Waals surface area (Å²) in [6.07, 6.45) is 8.01. The van der Waals surface area contributed by atoms with E-state index in [9.17, 15) is 9.18 Å². The Kier molecular flexibility index (Phi) is 3.88. The van der Waals surface area contributed by atoms with Crippen molar-refractivity contribution in [1.82, 2.24) is 10.6 Å². The number of hydrogen-bond donors (Lipinski definition) is 2. The van der Waals surface area contributed by atoms with Crippen molar-refractivity contribution in [3.8, 4) is 0 Å². The molecule has 4 heteroatoms. The fourth-order valence-electron chi connectivity index (χ4n) is 5.46. The van der Waals surface area contributed by atoms with Crippen LogP contribution in [0.1, 0.15) is 44.1 Å². The molecule has 0 aliphatic heterocycles. The number of amides is 1. The van der Waals surface area contributed by atoms with Crippen molar-refractivity contribution in [2.24, 2.45) is 17.8 Å². The van der Waals surface area contributed by atoms with E-state index in [1.165, 1.54) is 50.7 Å². The number of nitrogens with one attached hydrogen (secondary N) is 2. The van der Waals surface area contributed by atoms with Gasteiger partial charge < -0.3 is 10.6 Å². The molecule has 2 N–H and O–H groups in total. The summed E-state index contributed by atoms with van der Waals surface area (Å²) in [6.45, 7) is 0.856. The average molecular weight is 316 g/mol. The molecule has 4 fully saturated rings. The van der Waals surface area contributed by atoms with Crippen LogP contribution in [0.25, 0.3) is 0 Å². The molecule has 0 radical (unpaired) electrons. The Bertz CT molecular complexity index is 548. The van der Waals surface area contributed by atoms with Gasteiger partial charge in [0.15, 0.2) is 0 Å². The minimum atomic E-state index is -0.247. The Morgan fingerprint density at radius 3 is 2.17 bits per heavy atom. The van der Waals surface area contributed by atoms with Gasteiger partial charge >= 0.3 is 0 Å². The van der Waals surface area contributed by atoms with Crippen molar-refractivity contribution in [2.45, 2.75) is 50.6 Å². The summed E-state index contributed by atoms with van der Waals surface area (Å²) in [5, 5.41) is 6.53. The van der Waals surface area contributed by atoms with E-state index in [-0.39, 0.29) is 17.3 Å². The van der Waals surface area contributed by atoms with Gasteiger partial charge in [-0.1, -0.05) is 12.1 Å². The third-order valence-corrected chi connectivity index (χ3v) is 6.07. The minimum absolute atomic E-state index is 0.0325. The maximum Gasteiger partial charge on any atom is 0.234 e. The Balaban J connectivity index is 1.27. The van der Waals surface area contributed by atoms with Crippen LogP contribution < -0.4 is 10.6 Å². The summed E-state index contributed by atoms with van der Waals surface area (Å²) >= 11 is 0. The molecule has 5 rings (SSSR count). The Morgan fingerprint density at radius 2 is 1.61 bits per heavy atom. The molecule has 4 aliphatic carbocycles. The lowest BCUT2D eigenvalue weighted by Gasteiger charge is -2.57. The second-order valence-electron chi connectivity index (χ2n) is 7.95. The molecule has 3 nitrogen and oxygen atoms in total. The lowest BCUT2D eigenvalue weighted by molar-refractivity contribution is -0.121. The first kappa shape index (κ1) is 15.1. The summed E-state index contributed by atoms with van der Waals surface area (Å²) in [7, 11) is 0. The van der Waals surface area contributed by atoms with Gasteiger partial charge in [-0.3, -0.25) is 4.79 Å². The molecule has 0 saturated heterocycles. The first-order chi connectivity index (χ1) is 11.1. The SMILES string of the molecule is O=C(CNC12CC3CC(CC(C3)C1)C2)NCc1ccc(F)cc1. The Morgan fingerprint density at radius 1 is 1.04 bits per heavy atom. The van der Waals surface area contributed by atoms with Crippen molar-refractivity contribution in [2.75, 3.05) is 6.54 Å². The second-order valence-corrected chi connectivity index (χ2v) is 7.95. The summed E-state index contributed by atoms with van der Waals surface area (Å²) in [5.74, 6) is 2.44. The third-order valence-electron chi connectivity index (χ3n) is 6.07. The quantitative estimate of drug-likeness (QED) is 0.877. The van der Waals surface area contributed by atoms with E-state index in [1.807, 2.05) is 0 Å². The van der Waals surface area contributed by atoms with Crippen LogP contribution in [0.4, 0.5) is 4.39 Å². The van der Waals surface area contributed by atoms with Gasteiger partial charge in [0.1, 0.15) is 5.82 Å². The molecule has 124 valence electrons. The summed E-state index contributed by atoms with van der Waals surface area (Å²) in [4.78, 5) is 12.1. The van der Waals surface area contributed by atoms with Gasteiger partial charge in [-0.2, -0.15) is 0 Å². The topological polar surface area (TPSA) is 41.1 Å². The lowest BCUT2D eigenvalue weighted by Crippen LogP contribution is -2.59. The van der Waals surface area contributed by atoms with Crippen LogP contribution in [0.5, 0.6) is 0 Å². The van der Waals surface area contributed by atoms with Gasteiger partial charge in [-0.15, -0.1) is 0 Å². The Hall–Kier alpha value is -1.42. The molecule has 4 saturated carbocycles. The van der Waals surface area contributed by atoms with Gasteiger partial charge in [-0.05, 0) is 74.0 Å². The predicted molar refractivity (Wildman–Crippen MR) is 87.2 cm³/mol. The lowest BCUT2D eigenvalue weighted by atomic mass is 9.53. The molecule has 0 aromatic heterocycles. The fourth-order valence-corrected chi connectivity index (χ4v) is 5.46. The first-order valence-electron chi connectivity index (χ1n) is 8.86. The van der Waals surface area contributed by atoms with E-state index in [4.69, 9.17) is 0 Å². The van der Waals surface area contributed by atoms with Gasteiger partial charge in [0.25, 0.3) is 0 Å². The van der Waals surface area contributed by atoms with Crippen molar-refractivity contribution >= 4 is 5.91 Å². The van der Waals surface area contributed by atoms with Crippen LogP contribution in [-0.2, 0) is 11.3 Å². The number of carbonyl (C=O) groups is 1. The highest BCUT2D eigenvalue weighted by Crippen LogP contribution is 2.55. The maximum atomic E-state index is 12.9. The zero-order chi connectivity index (χ0) is 15.9. The zero-order valence-corrected chi connectivity index (χ0v) is 13.5. The number of carbonyl (C=O) groups excluding carboxylic acids is 1. The van der Waals surface area contributed by atoms with E-state index in [0.29, 0.717) is 13.1 Å². The van der Waals surface area contributed by atoms with E-state index in [0.717, 1.165) is 23.3 Å². The number of halogens is 1. The van der Waals surface area contributed by atoms with E-state index in [1.54, 1.807) is 12.1 Å². The molecule has 23 heavy (non-hydrogen) atoms. The minimum Gasteiger partial charge on any atom is -0.351 e. The monoisotopic (exact) mass is 316 g/mol. The Labute approximate surface area is 137 Å². The first-order valence-corrected chi connectivity index (χ1v) is 8.86. The molecule has 0 atom stereocenters. The largest absolute Gasteiger partial charge is 0.351 e. The zero-order valence-electron chi connectivity index (χ0n) is 13.5. The fraction of sp³-hybridized carbons (Fsp3) is 0.632. The van der Waals surface area contributed by atoms with Gasteiger partial charge in [-0.25, -0.2) is 4.39 Å². The van der Waals surface area contributed by atoms with Crippen molar-refractivity contribution in [3.05, 3.63) is 35.6 Å². The molecule has 4 bridgehead atoms. The predicted octanol–water partition coefficient (Wildman–Crippen LogP) is 3.00. The van der Waals surface area contributed by atoms with Gasteiger partial charge in [0, 0.05) is 12.1 Å².